The molecular formula is C21H19N3O5. The van der Waals surface area contributed by atoms with Gasteiger partial charge in [0.25, 0.3) is 5.56 Å². The molecule has 0 spiro atoms. The Labute approximate surface area is 165 Å². The highest BCUT2D eigenvalue weighted by Gasteiger charge is 2.37. The highest BCUT2D eigenvalue weighted by molar-refractivity contribution is 5.87. The second-order valence-electron chi connectivity index (χ2n) is 7.12. The van der Waals surface area contributed by atoms with E-state index in [1.54, 1.807) is 24.3 Å². The number of nitrogens with zero attached hydrogens (tertiary/aromatic N) is 2. The topological polar surface area (TPSA) is 112 Å². The maximum atomic E-state index is 13.2. The normalized spacial score (nSPS) is 17.0. The van der Waals surface area contributed by atoms with E-state index >= 15 is 0 Å². The Kier molecular flexibility index (Phi) is 4.54. The Morgan fingerprint density at radius 3 is 2.45 bits per heavy atom. The molecule has 4 rings (SSSR count). The first-order valence-electron chi connectivity index (χ1n) is 9.22. The summed E-state index contributed by atoms with van der Waals surface area (Å²) in [6.45, 7) is 1.55. The molecule has 8 heteroatoms. The summed E-state index contributed by atoms with van der Waals surface area (Å²) in [5.74, 6) is -1.71. The predicted octanol–water partition coefficient (Wildman–Crippen LogP) is 1.29. The second-order valence-corrected chi connectivity index (χ2v) is 7.12. The van der Waals surface area contributed by atoms with Gasteiger partial charge in [0, 0.05) is 13.0 Å². The van der Waals surface area contributed by atoms with Gasteiger partial charge in [0.15, 0.2) is 0 Å². The van der Waals surface area contributed by atoms with Crippen LogP contribution in [0.1, 0.15) is 24.1 Å². The summed E-state index contributed by atoms with van der Waals surface area (Å²) in [5, 5.41) is 9.94. The van der Waals surface area contributed by atoms with Gasteiger partial charge in [-0.05, 0) is 30.2 Å². The highest BCUT2D eigenvalue weighted by Crippen LogP contribution is 2.25. The van der Waals surface area contributed by atoms with E-state index in [0.29, 0.717) is 5.52 Å². The van der Waals surface area contributed by atoms with Gasteiger partial charge < -0.3 is 15.0 Å². The van der Waals surface area contributed by atoms with E-state index in [1.165, 1.54) is 11.8 Å². The van der Waals surface area contributed by atoms with Crippen molar-refractivity contribution in [3.63, 3.8) is 0 Å². The van der Waals surface area contributed by atoms with Crippen LogP contribution in [0.2, 0.25) is 0 Å². The zero-order chi connectivity index (χ0) is 20.7. The molecule has 0 saturated heterocycles. The molecule has 8 nitrogen and oxygen atoms in total. The van der Waals surface area contributed by atoms with Crippen LogP contribution >= 0.6 is 0 Å². The number of aromatic amines is 1. The Balaban J connectivity index is 1.76. The van der Waals surface area contributed by atoms with Crippen molar-refractivity contribution < 1.29 is 14.7 Å². The van der Waals surface area contributed by atoms with Gasteiger partial charge in [-0.3, -0.25) is 9.59 Å². The molecule has 2 atom stereocenters. The molecule has 1 amide bonds. The lowest BCUT2D eigenvalue weighted by atomic mass is 9.93. The van der Waals surface area contributed by atoms with E-state index in [9.17, 15) is 24.3 Å². The smallest absolute Gasteiger partial charge is 0.329 e. The van der Waals surface area contributed by atoms with Crippen LogP contribution in [0.5, 0.6) is 0 Å². The monoisotopic (exact) mass is 393 g/mol. The van der Waals surface area contributed by atoms with Crippen molar-refractivity contribution >= 4 is 22.8 Å². The third kappa shape index (κ3) is 3.12. The van der Waals surface area contributed by atoms with E-state index in [1.807, 2.05) is 24.3 Å². The molecule has 1 aromatic heterocycles. The summed E-state index contributed by atoms with van der Waals surface area (Å²) in [4.78, 5) is 54.2. The van der Waals surface area contributed by atoms with Crippen molar-refractivity contribution in [3.8, 4) is 0 Å². The number of carbonyl (C=O) groups is 2. The SMILES string of the molecule is C[C@@H](C(=O)N1Cc2ccccc2C[C@H]1C(=O)O)n1c(=O)[nH]c2ccccc2c1=O. The van der Waals surface area contributed by atoms with Crippen LogP contribution in [0.3, 0.4) is 0 Å². The van der Waals surface area contributed by atoms with E-state index in [4.69, 9.17) is 0 Å². The molecule has 3 aromatic rings. The Morgan fingerprint density at radius 2 is 1.72 bits per heavy atom. The number of aromatic nitrogens is 2. The Bertz CT molecular complexity index is 1240. The number of carbonyl (C=O) groups excluding carboxylic acids is 1. The van der Waals surface area contributed by atoms with Gasteiger partial charge in [-0.25, -0.2) is 14.2 Å². The summed E-state index contributed by atoms with van der Waals surface area (Å²) < 4.78 is 0.851. The lowest BCUT2D eigenvalue weighted by Gasteiger charge is -2.36. The van der Waals surface area contributed by atoms with Crippen molar-refractivity contribution in [1.82, 2.24) is 14.5 Å². The summed E-state index contributed by atoms with van der Waals surface area (Å²) in [7, 11) is 0. The number of nitrogens with one attached hydrogen (secondary N) is 1. The molecule has 1 aliphatic heterocycles. The van der Waals surface area contributed by atoms with Gasteiger partial charge in [-0.2, -0.15) is 0 Å². The van der Waals surface area contributed by atoms with E-state index in [2.05, 4.69) is 4.98 Å². The number of H-pyrrole nitrogens is 1. The fraction of sp³-hybridized carbons (Fsp3) is 0.238. The minimum Gasteiger partial charge on any atom is -0.480 e. The number of hydrogen-bond acceptors (Lipinski definition) is 4. The van der Waals surface area contributed by atoms with Crippen molar-refractivity contribution in [2.24, 2.45) is 0 Å². The van der Waals surface area contributed by atoms with Crippen LogP contribution in [0, 0.1) is 0 Å². The van der Waals surface area contributed by atoms with Crippen LogP contribution in [0.25, 0.3) is 10.9 Å². The van der Waals surface area contributed by atoms with Crippen molar-refractivity contribution in [1.29, 1.82) is 0 Å². The third-order valence-electron chi connectivity index (χ3n) is 5.40. The molecule has 0 unspecified atom stereocenters. The van der Waals surface area contributed by atoms with Crippen molar-refractivity contribution in [3.05, 3.63) is 80.5 Å². The quantitative estimate of drug-likeness (QED) is 0.696. The number of fused-ring (bicyclic) bond motifs is 2. The maximum absolute atomic E-state index is 13.2. The zero-order valence-electron chi connectivity index (χ0n) is 15.7. The molecule has 2 heterocycles. The van der Waals surface area contributed by atoms with E-state index in [-0.39, 0.29) is 18.4 Å². The Hall–Kier alpha value is -3.68. The van der Waals surface area contributed by atoms with E-state index in [0.717, 1.165) is 15.7 Å². The van der Waals surface area contributed by atoms with E-state index < -0.39 is 35.2 Å². The highest BCUT2D eigenvalue weighted by atomic mass is 16.4. The summed E-state index contributed by atoms with van der Waals surface area (Å²) in [6, 6.07) is 11.7. The van der Waals surface area contributed by atoms with Crippen LogP contribution in [0.15, 0.2) is 58.1 Å². The van der Waals surface area contributed by atoms with Gasteiger partial charge in [-0.1, -0.05) is 36.4 Å². The number of aliphatic carboxylic acids is 1. The minimum atomic E-state index is -1.15. The minimum absolute atomic E-state index is 0.108. The molecular weight excluding hydrogens is 374 g/mol. The zero-order valence-corrected chi connectivity index (χ0v) is 15.7. The predicted molar refractivity (Wildman–Crippen MR) is 106 cm³/mol. The maximum Gasteiger partial charge on any atom is 0.329 e. The molecule has 2 aromatic carbocycles. The lowest BCUT2D eigenvalue weighted by Crippen LogP contribution is -2.52. The lowest BCUT2D eigenvalue weighted by molar-refractivity contribution is -0.152. The van der Waals surface area contributed by atoms with Gasteiger partial charge in [0.2, 0.25) is 5.91 Å². The second kappa shape index (κ2) is 7.05. The van der Waals surface area contributed by atoms with Gasteiger partial charge in [0.05, 0.1) is 10.9 Å². The largest absolute Gasteiger partial charge is 0.480 e. The first kappa shape index (κ1) is 18.7. The number of benzene rings is 2. The van der Waals surface area contributed by atoms with Crippen molar-refractivity contribution in [2.45, 2.75) is 32.0 Å². The third-order valence-corrected chi connectivity index (χ3v) is 5.40. The first-order valence-corrected chi connectivity index (χ1v) is 9.22. The summed E-state index contributed by atoms with van der Waals surface area (Å²) in [6.07, 6.45) is 0.174. The molecule has 148 valence electrons. The fourth-order valence-corrected chi connectivity index (χ4v) is 3.85. The van der Waals surface area contributed by atoms with Crippen LogP contribution < -0.4 is 11.2 Å². The number of para-hydroxylation sites is 1. The molecule has 0 saturated carbocycles. The van der Waals surface area contributed by atoms with Crippen molar-refractivity contribution in [2.75, 3.05) is 0 Å². The average Bonchev–Trinajstić information content (AvgIpc) is 2.72. The average molecular weight is 393 g/mol. The number of carboxylic acids is 1. The number of hydrogen-bond donors (Lipinski definition) is 2. The van der Waals surface area contributed by atoms with Crippen LogP contribution in [0.4, 0.5) is 0 Å². The molecule has 0 radical (unpaired) electrons. The van der Waals surface area contributed by atoms with Gasteiger partial charge in [0.1, 0.15) is 12.1 Å². The van der Waals surface area contributed by atoms with Crippen LogP contribution in [-0.2, 0) is 22.6 Å². The summed E-state index contributed by atoms with van der Waals surface area (Å²) in [5.41, 5.74) is 0.810. The molecule has 0 aliphatic carbocycles. The fourth-order valence-electron chi connectivity index (χ4n) is 3.85. The number of amides is 1. The number of rotatable bonds is 3. The summed E-state index contributed by atoms with van der Waals surface area (Å²) >= 11 is 0. The molecule has 0 bridgehead atoms. The van der Waals surface area contributed by atoms with Gasteiger partial charge >= 0.3 is 11.7 Å². The molecule has 2 N–H and O–H groups in total. The Morgan fingerprint density at radius 1 is 1.07 bits per heavy atom. The standard InChI is InChI=1S/C21H19N3O5/c1-12(24-19(26)15-8-4-5-9-16(15)22-21(24)29)18(25)23-11-14-7-3-2-6-13(14)10-17(23)20(27)28/h2-9,12,17H,10-11H2,1H3,(H,22,29)(H,27,28)/t12-,17-/m0/s1. The van der Waals surface area contributed by atoms with Crippen LogP contribution in [-0.4, -0.2) is 37.5 Å². The molecule has 0 fully saturated rings. The molecule has 1 aliphatic rings. The first-order chi connectivity index (χ1) is 13.9. The van der Waals surface area contributed by atoms with Gasteiger partial charge in [-0.15, -0.1) is 0 Å². The molecule has 29 heavy (non-hydrogen) atoms. The number of carboxylic acid groups (broad SMARTS) is 1.